The van der Waals surface area contributed by atoms with Crippen LogP contribution < -0.4 is 5.32 Å². The van der Waals surface area contributed by atoms with Gasteiger partial charge in [0.15, 0.2) is 0 Å². The molecule has 6 heteroatoms. The molecule has 1 heterocycles. The van der Waals surface area contributed by atoms with E-state index in [2.05, 4.69) is 10.4 Å². The van der Waals surface area contributed by atoms with Gasteiger partial charge < -0.3 is 5.32 Å². The Labute approximate surface area is 111 Å². The molecule has 0 saturated heterocycles. The smallest absolute Gasteiger partial charge is 0.282 e. The molecule has 1 fully saturated rings. The number of aromatic nitrogens is 2. The van der Waals surface area contributed by atoms with Crippen LogP contribution in [-0.4, -0.2) is 21.7 Å². The first-order chi connectivity index (χ1) is 9.06. The van der Waals surface area contributed by atoms with E-state index in [4.69, 9.17) is 0 Å². The first-order valence-corrected chi connectivity index (χ1v) is 6.68. The monoisotopic (exact) mass is 271 g/mol. The summed E-state index contributed by atoms with van der Waals surface area (Å²) in [5.41, 5.74) is 0.303. The van der Waals surface area contributed by atoms with Crippen LogP contribution in [0.1, 0.15) is 49.9 Å². The molecule has 0 atom stereocenters. The second kappa shape index (κ2) is 6.12. The zero-order valence-corrected chi connectivity index (χ0v) is 11.0. The molecule has 1 amide bonds. The van der Waals surface area contributed by atoms with E-state index in [0.29, 0.717) is 5.69 Å². The lowest BCUT2D eigenvalue weighted by atomic mass is 9.95. The second-order valence-electron chi connectivity index (χ2n) is 5.07. The van der Waals surface area contributed by atoms with E-state index < -0.39 is 6.43 Å². The number of carbonyl (C=O) groups excluding carboxylic acids is 1. The molecule has 0 spiro atoms. The van der Waals surface area contributed by atoms with E-state index in [0.717, 1.165) is 25.7 Å². The summed E-state index contributed by atoms with van der Waals surface area (Å²) in [5, 5.41) is 6.69. The number of hydrogen-bond donors (Lipinski definition) is 1. The number of carbonyl (C=O) groups is 1. The van der Waals surface area contributed by atoms with Crippen molar-refractivity contribution >= 4 is 5.91 Å². The highest BCUT2D eigenvalue weighted by Crippen LogP contribution is 2.19. The third kappa shape index (κ3) is 3.75. The van der Waals surface area contributed by atoms with Gasteiger partial charge in [-0.3, -0.25) is 9.48 Å². The van der Waals surface area contributed by atoms with E-state index in [-0.39, 0.29) is 24.2 Å². The van der Waals surface area contributed by atoms with Gasteiger partial charge in [-0.1, -0.05) is 19.3 Å². The standard InChI is InChI=1S/C13H19F2N3O/c1-9-7-11(13(14)15)17-18(9)8-12(19)16-10-5-3-2-4-6-10/h7,10,13H,2-6,8H2,1H3,(H,16,19). The first-order valence-electron chi connectivity index (χ1n) is 6.68. The Bertz CT molecular complexity index is 439. The summed E-state index contributed by atoms with van der Waals surface area (Å²) in [6.07, 6.45) is 2.92. The fraction of sp³-hybridized carbons (Fsp3) is 0.692. The molecule has 1 aromatic heterocycles. The largest absolute Gasteiger partial charge is 0.352 e. The Balaban J connectivity index is 1.91. The minimum absolute atomic E-state index is 0.00898. The van der Waals surface area contributed by atoms with Crippen molar-refractivity contribution in [1.29, 1.82) is 0 Å². The number of amides is 1. The molecule has 4 nitrogen and oxygen atoms in total. The van der Waals surface area contributed by atoms with Crippen LogP contribution in [0.15, 0.2) is 6.07 Å². The zero-order valence-electron chi connectivity index (χ0n) is 11.0. The molecule has 0 unspecified atom stereocenters. The van der Waals surface area contributed by atoms with Gasteiger partial charge >= 0.3 is 0 Å². The van der Waals surface area contributed by atoms with Crippen LogP contribution in [0.2, 0.25) is 0 Å². The summed E-state index contributed by atoms with van der Waals surface area (Å²) in [6.45, 7) is 1.68. The Kier molecular flexibility index (Phi) is 4.50. The van der Waals surface area contributed by atoms with Crippen molar-refractivity contribution in [3.63, 3.8) is 0 Å². The number of halogens is 2. The highest BCUT2D eigenvalue weighted by Gasteiger charge is 2.18. The molecule has 0 bridgehead atoms. The maximum Gasteiger partial charge on any atom is 0.282 e. The van der Waals surface area contributed by atoms with Gasteiger partial charge in [0.1, 0.15) is 12.2 Å². The van der Waals surface area contributed by atoms with E-state index in [9.17, 15) is 13.6 Å². The molecule has 0 radical (unpaired) electrons. The summed E-state index contributed by atoms with van der Waals surface area (Å²) in [4.78, 5) is 11.9. The van der Waals surface area contributed by atoms with Crippen LogP contribution in [0.5, 0.6) is 0 Å². The van der Waals surface area contributed by atoms with Gasteiger partial charge in [0.25, 0.3) is 6.43 Å². The number of nitrogens with zero attached hydrogens (tertiary/aromatic N) is 2. The molecule has 1 N–H and O–H groups in total. The van der Waals surface area contributed by atoms with Crippen LogP contribution >= 0.6 is 0 Å². The van der Waals surface area contributed by atoms with Crippen molar-refractivity contribution in [3.05, 3.63) is 17.5 Å². The van der Waals surface area contributed by atoms with Gasteiger partial charge in [-0.25, -0.2) is 8.78 Å². The van der Waals surface area contributed by atoms with Gasteiger partial charge in [0, 0.05) is 11.7 Å². The number of nitrogens with one attached hydrogen (secondary N) is 1. The molecule has 1 aromatic rings. The summed E-state index contributed by atoms with van der Waals surface area (Å²) >= 11 is 0. The van der Waals surface area contributed by atoms with Crippen LogP contribution in [-0.2, 0) is 11.3 Å². The summed E-state index contributed by atoms with van der Waals surface area (Å²) < 4.78 is 26.3. The average Bonchev–Trinajstić information content (AvgIpc) is 2.72. The normalized spacial score (nSPS) is 16.8. The maximum atomic E-state index is 12.5. The Morgan fingerprint density at radius 2 is 2.16 bits per heavy atom. The average molecular weight is 271 g/mol. The van der Waals surface area contributed by atoms with Crippen LogP contribution in [0.3, 0.4) is 0 Å². The molecular weight excluding hydrogens is 252 g/mol. The minimum Gasteiger partial charge on any atom is -0.352 e. The third-order valence-electron chi connectivity index (χ3n) is 3.49. The van der Waals surface area contributed by atoms with E-state index in [1.165, 1.54) is 17.2 Å². The zero-order chi connectivity index (χ0) is 13.8. The molecule has 0 aromatic carbocycles. The summed E-state index contributed by atoms with van der Waals surface area (Å²) in [5.74, 6) is -0.154. The Morgan fingerprint density at radius 3 is 2.74 bits per heavy atom. The van der Waals surface area contributed by atoms with Crippen molar-refractivity contribution in [3.8, 4) is 0 Å². The van der Waals surface area contributed by atoms with Gasteiger partial charge in [-0.05, 0) is 25.8 Å². The lowest BCUT2D eigenvalue weighted by Crippen LogP contribution is -2.38. The Hall–Kier alpha value is -1.46. The third-order valence-corrected chi connectivity index (χ3v) is 3.49. The van der Waals surface area contributed by atoms with Crippen molar-refractivity contribution < 1.29 is 13.6 Å². The van der Waals surface area contributed by atoms with Crippen LogP contribution in [0, 0.1) is 6.92 Å². The van der Waals surface area contributed by atoms with Crippen molar-refractivity contribution in [2.75, 3.05) is 0 Å². The quantitative estimate of drug-likeness (QED) is 0.915. The van der Waals surface area contributed by atoms with Gasteiger partial charge in [-0.2, -0.15) is 5.10 Å². The second-order valence-corrected chi connectivity index (χ2v) is 5.07. The molecule has 2 rings (SSSR count). The van der Waals surface area contributed by atoms with E-state index >= 15 is 0 Å². The fourth-order valence-corrected chi connectivity index (χ4v) is 2.46. The number of hydrogen-bond acceptors (Lipinski definition) is 2. The lowest BCUT2D eigenvalue weighted by molar-refractivity contribution is -0.122. The molecule has 0 aliphatic heterocycles. The molecule has 1 saturated carbocycles. The highest BCUT2D eigenvalue weighted by molar-refractivity contribution is 5.76. The molecule has 1 aliphatic carbocycles. The fourth-order valence-electron chi connectivity index (χ4n) is 2.46. The Morgan fingerprint density at radius 1 is 1.47 bits per heavy atom. The maximum absolute atomic E-state index is 12.5. The lowest BCUT2D eigenvalue weighted by Gasteiger charge is -2.22. The summed E-state index contributed by atoms with van der Waals surface area (Å²) in [7, 11) is 0. The van der Waals surface area contributed by atoms with Gasteiger partial charge in [0.05, 0.1) is 0 Å². The molecular formula is C13H19F2N3O. The minimum atomic E-state index is -2.60. The van der Waals surface area contributed by atoms with Crippen LogP contribution in [0.25, 0.3) is 0 Å². The molecule has 1 aliphatic rings. The van der Waals surface area contributed by atoms with E-state index in [1.807, 2.05) is 0 Å². The number of aryl methyl sites for hydroxylation is 1. The van der Waals surface area contributed by atoms with E-state index in [1.54, 1.807) is 6.92 Å². The van der Waals surface area contributed by atoms with Crippen LogP contribution in [0.4, 0.5) is 8.78 Å². The highest BCUT2D eigenvalue weighted by atomic mass is 19.3. The first kappa shape index (κ1) is 14.0. The van der Waals surface area contributed by atoms with Gasteiger partial charge in [0.2, 0.25) is 5.91 Å². The van der Waals surface area contributed by atoms with Crippen molar-refractivity contribution in [2.45, 2.75) is 58.0 Å². The topological polar surface area (TPSA) is 46.9 Å². The predicted molar refractivity (Wildman–Crippen MR) is 66.9 cm³/mol. The predicted octanol–water partition coefficient (Wildman–Crippen LogP) is 2.58. The SMILES string of the molecule is Cc1cc(C(F)F)nn1CC(=O)NC1CCCCC1. The summed E-state index contributed by atoms with van der Waals surface area (Å²) in [6, 6.07) is 1.55. The molecule has 19 heavy (non-hydrogen) atoms. The van der Waals surface area contributed by atoms with Crippen molar-refractivity contribution in [1.82, 2.24) is 15.1 Å². The molecule has 106 valence electrons. The van der Waals surface area contributed by atoms with Gasteiger partial charge in [-0.15, -0.1) is 0 Å². The van der Waals surface area contributed by atoms with Crippen molar-refractivity contribution in [2.24, 2.45) is 0 Å². The number of alkyl halides is 2. The number of rotatable bonds is 4.